The fourth-order valence-corrected chi connectivity index (χ4v) is 3.48. The Hall–Kier alpha value is -1.69. The van der Waals surface area contributed by atoms with Crippen molar-refractivity contribution in [1.29, 1.82) is 0 Å². The number of amides is 1. The second kappa shape index (κ2) is 9.31. The Morgan fingerprint density at radius 3 is 2.42 bits per heavy atom. The number of benzene rings is 2. The van der Waals surface area contributed by atoms with Gasteiger partial charge in [-0.05, 0) is 42.7 Å². The van der Waals surface area contributed by atoms with Crippen LogP contribution in [-0.4, -0.2) is 55.0 Å². The molecule has 1 amide bonds. The summed E-state index contributed by atoms with van der Waals surface area (Å²) >= 11 is 3.48. The summed E-state index contributed by atoms with van der Waals surface area (Å²) in [6.07, 6.45) is 1.09. The number of hydrogen-bond donors (Lipinski definition) is 1. The molecule has 0 atom stereocenters. The van der Waals surface area contributed by atoms with Crippen molar-refractivity contribution in [2.75, 3.05) is 44.6 Å². The summed E-state index contributed by atoms with van der Waals surface area (Å²) in [5.41, 5.74) is 3.37. The number of aryl methyl sites for hydroxylation is 1. The zero-order chi connectivity index (χ0) is 18.4. The maximum Gasteiger partial charge on any atom is 0.238 e. The topological polar surface area (TPSA) is 35.6 Å². The molecule has 0 spiro atoms. The van der Waals surface area contributed by atoms with Gasteiger partial charge in [-0.3, -0.25) is 9.69 Å². The minimum Gasteiger partial charge on any atom is -0.325 e. The van der Waals surface area contributed by atoms with Crippen LogP contribution in [0.2, 0.25) is 0 Å². The van der Waals surface area contributed by atoms with E-state index in [4.69, 9.17) is 0 Å². The summed E-state index contributed by atoms with van der Waals surface area (Å²) < 4.78 is 1.06. The smallest absolute Gasteiger partial charge is 0.238 e. The fourth-order valence-electron chi connectivity index (χ4n) is 3.23. The van der Waals surface area contributed by atoms with Crippen LogP contribution in [-0.2, 0) is 11.2 Å². The Kier molecular flexibility index (Phi) is 6.83. The van der Waals surface area contributed by atoms with Gasteiger partial charge in [0.25, 0.3) is 0 Å². The first kappa shape index (κ1) is 19.1. The number of nitrogens with zero attached hydrogens (tertiary/aromatic N) is 2. The van der Waals surface area contributed by atoms with Gasteiger partial charge in [-0.2, -0.15) is 0 Å². The highest BCUT2D eigenvalue weighted by Gasteiger charge is 2.18. The van der Waals surface area contributed by atoms with Crippen molar-refractivity contribution >= 4 is 27.5 Å². The Balaban J connectivity index is 1.39. The first-order chi connectivity index (χ1) is 12.6. The molecule has 1 aliphatic rings. The molecule has 5 heteroatoms. The van der Waals surface area contributed by atoms with Crippen molar-refractivity contribution in [3.63, 3.8) is 0 Å². The number of rotatable bonds is 6. The van der Waals surface area contributed by atoms with Gasteiger partial charge in [0.2, 0.25) is 5.91 Å². The maximum absolute atomic E-state index is 12.3. The van der Waals surface area contributed by atoms with E-state index in [1.807, 2.05) is 25.1 Å². The molecule has 3 rings (SSSR count). The molecule has 0 saturated carbocycles. The molecular weight excluding hydrogens is 390 g/mol. The monoisotopic (exact) mass is 415 g/mol. The third-order valence-corrected chi connectivity index (χ3v) is 5.72. The molecule has 138 valence electrons. The first-order valence-electron chi connectivity index (χ1n) is 9.15. The molecule has 26 heavy (non-hydrogen) atoms. The van der Waals surface area contributed by atoms with Crippen LogP contribution >= 0.6 is 15.9 Å². The number of nitrogens with one attached hydrogen (secondary N) is 1. The molecule has 1 fully saturated rings. The fraction of sp³-hybridized carbons (Fsp3) is 0.381. The Morgan fingerprint density at radius 2 is 1.73 bits per heavy atom. The minimum absolute atomic E-state index is 0.0597. The standard InChI is InChI=1S/C21H26BrN3O/c1-17-15-19(7-8-20(17)22)23-21(26)16-25-13-11-24(12-14-25)10-9-18-5-3-2-4-6-18/h2-8,15H,9-14,16H2,1H3,(H,23,26). The SMILES string of the molecule is Cc1cc(NC(=O)CN2CCN(CCc3ccccc3)CC2)ccc1Br. The van der Waals surface area contributed by atoms with Crippen LogP contribution in [0.3, 0.4) is 0 Å². The molecule has 1 heterocycles. The lowest BCUT2D eigenvalue weighted by Crippen LogP contribution is -2.49. The van der Waals surface area contributed by atoms with Crippen LogP contribution < -0.4 is 5.32 Å². The van der Waals surface area contributed by atoms with Crippen molar-refractivity contribution < 1.29 is 4.79 Å². The van der Waals surface area contributed by atoms with E-state index in [-0.39, 0.29) is 5.91 Å². The molecule has 1 aliphatic heterocycles. The van der Waals surface area contributed by atoms with Gasteiger partial charge in [-0.25, -0.2) is 0 Å². The summed E-state index contributed by atoms with van der Waals surface area (Å²) in [6, 6.07) is 16.5. The highest BCUT2D eigenvalue weighted by atomic mass is 79.9. The lowest BCUT2D eigenvalue weighted by Gasteiger charge is -2.34. The molecule has 0 radical (unpaired) electrons. The van der Waals surface area contributed by atoms with Gasteiger partial charge in [0, 0.05) is 42.9 Å². The Labute approximate surface area is 164 Å². The van der Waals surface area contributed by atoms with Gasteiger partial charge < -0.3 is 10.2 Å². The molecule has 2 aromatic carbocycles. The van der Waals surface area contributed by atoms with E-state index in [0.717, 1.165) is 54.9 Å². The summed E-state index contributed by atoms with van der Waals surface area (Å²) in [5, 5.41) is 3.00. The summed E-state index contributed by atoms with van der Waals surface area (Å²) in [5.74, 6) is 0.0597. The average Bonchev–Trinajstić information content (AvgIpc) is 2.65. The molecule has 0 bridgehead atoms. The number of halogens is 1. The average molecular weight is 416 g/mol. The van der Waals surface area contributed by atoms with Gasteiger partial charge in [0.15, 0.2) is 0 Å². The number of piperazine rings is 1. The molecule has 1 N–H and O–H groups in total. The van der Waals surface area contributed by atoms with Crippen LogP contribution in [0.4, 0.5) is 5.69 Å². The van der Waals surface area contributed by atoms with E-state index in [9.17, 15) is 4.79 Å². The lowest BCUT2D eigenvalue weighted by molar-refractivity contribution is -0.117. The summed E-state index contributed by atoms with van der Waals surface area (Å²) in [4.78, 5) is 17.0. The first-order valence-corrected chi connectivity index (χ1v) is 9.94. The predicted molar refractivity (Wildman–Crippen MR) is 111 cm³/mol. The summed E-state index contributed by atoms with van der Waals surface area (Å²) in [7, 11) is 0. The Morgan fingerprint density at radius 1 is 1.04 bits per heavy atom. The van der Waals surface area contributed by atoms with Gasteiger partial charge in [0.1, 0.15) is 0 Å². The lowest BCUT2D eigenvalue weighted by atomic mass is 10.1. The van der Waals surface area contributed by atoms with Crippen molar-refractivity contribution in [3.05, 3.63) is 64.1 Å². The normalized spacial score (nSPS) is 15.8. The van der Waals surface area contributed by atoms with E-state index in [2.05, 4.69) is 61.4 Å². The van der Waals surface area contributed by atoms with E-state index in [0.29, 0.717) is 6.54 Å². The van der Waals surface area contributed by atoms with E-state index < -0.39 is 0 Å². The summed E-state index contributed by atoms with van der Waals surface area (Å²) in [6.45, 7) is 7.51. The zero-order valence-electron chi connectivity index (χ0n) is 15.2. The molecule has 0 aromatic heterocycles. The highest BCUT2D eigenvalue weighted by Crippen LogP contribution is 2.20. The molecule has 0 unspecified atom stereocenters. The third-order valence-electron chi connectivity index (χ3n) is 4.83. The second-order valence-corrected chi connectivity index (χ2v) is 7.72. The van der Waals surface area contributed by atoms with E-state index in [1.165, 1.54) is 5.56 Å². The molecule has 1 saturated heterocycles. The van der Waals surface area contributed by atoms with Crippen molar-refractivity contribution in [2.45, 2.75) is 13.3 Å². The minimum atomic E-state index is 0.0597. The van der Waals surface area contributed by atoms with Crippen LogP contribution in [0, 0.1) is 6.92 Å². The highest BCUT2D eigenvalue weighted by molar-refractivity contribution is 9.10. The van der Waals surface area contributed by atoms with Crippen LogP contribution in [0.5, 0.6) is 0 Å². The van der Waals surface area contributed by atoms with Crippen molar-refractivity contribution in [3.8, 4) is 0 Å². The predicted octanol–water partition coefficient (Wildman–Crippen LogP) is 3.56. The third kappa shape index (κ3) is 5.66. The number of carbonyl (C=O) groups excluding carboxylic acids is 1. The van der Waals surface area contributed by atoms with Crippen molar-refractivity contribution in [1.82, 2.24) is 9.80 Å². The van der Waals surface area contributed by atoms with Gasteiger partial charge >= 0.3 is 0 Å². The number of anilines is 1. The van der Waals surface area contributed by atoms with E-state index in [1.54, 1.807) is 0 Å². The van der Waals surface area contributed by atoms with Crippen LogP contribution in [0.1, 0.15) is 11.1 Å². The molecule has 4 nitrogen and oxygen atoms in total. The van der Waals surface area contributed by atoms with Gasteiger partial charge in [-0.1, -0.05) is 46.3 Å². The van der Waals surface area contributed by atoms with E-state index >= 15 is 0 Å². The number of hydrogen-bond acceptors (Lipinski definition) is 3. The van der Waals surface area contributed by atoms with Gasteiger partial charge in [-0.15, -0.1) is 0 Å². The second-order valence-electron chi connectivity index (χ2n) is 6.87. The van der Waals surface area contributed by atoms with Crippen molar-refractivity contribution in [2.24, 2.45) is 0 Å². The van der Waals surface area contributed by atoms with Gasteiger partial charge in [0.05, 0.1) is 6.54 Å². The molecule has 2 aromatic rings. The quantitative estimate of drug-likeness (QED) is 0.783. The maximum atomic E-state index is 12.3. The number of carbonyl (C=O) groups is 1. The molecule has 0 aliphatic carbocycles. The zero-order valence-corrected chi connectivity index (χ0v) is 16.8. The Bertz CT molecular complexity index is 727. The largest absolute Gasteiger partial charge is 0.325 e. The molecular formula is C21H26BrN3O. The van der Waals surface area contributed by atoms with Crippen LogP contribution in [0.15, 0.2) is 53.0 Å². The van der Waals surface area contributed by atoms with Crippen LogP contribution in [0.25, 0.3) is 0 Å².